The fraction of sp³-hybridized carbons (Fsp3) is 0.227. The van der Waals surface area contributed by atoms with Gasteiger partial charge in [0.25, 0.3) is 0 Å². The Hall–Kier alpha value is -3.30. The highest BCUT2D eigenvalue weighted by Gasteiger charge is 2.41. The average molecular weight is 460 g/mol. The molecule has 2 aromatic carbocycles. The summed E-state index contributed by atoms with van der Waals surface area (Å²) in [5.74, 6) is -0.530. The predicted octanol–water partition coefficient (Wildman–Crippen LogP) is 5.04. The Morgan fingerprint density at radius 2 is 1.94 bits per heavy atom. The van der Waals surface area contributed by atoms with E-state index < -0.39 is 23.9 Å². The van der Waals surface area contributed by atoms with Crippen molar-refractivity contribution in [3.8, 4) is 0 Å². The van der Waals surface area contributed by atoms with E-state index in [1.807, 2.05) is 0 Å². The molecule has 32 heavy (non-hydrogen) atoms. The van der Waals surface area contributed by atoms with Crippen LogP contribution in [0.5, 0.6) is 0 Å². The second-order valence-corrected chi connectivity index (χ2v) is 7.87. The van der Waals surface area contributed by atoms with Gasteiger partial charge < -0.3 is 10.4 Å². The summed E-state index contributed by atoms with van der Waals surface area (Å²) in [6, 6.07) is 7.96. The lowest BCUT2D eigenvalue weighted by Crippen LogP contribution is -2.54. The average Bonchev–Trinajstić information content (AvgIpc) is 2.76. The number of nitrogens with zero attached hydrogens (tertiary/aromatic N) is 4. The van der Waals surface area contributed by atoms with E-state index in [9.17, 15) is 18.7 Å². The molecule has 1 aliphatic heterocycles. The number of hydrogen-bond acceptors (Lipinski definition) is 5. The van der Waals surface area contributed by atoms with Crippen molar-refractivity contribution < 1.29 is 18.7 Å². The molecule has 0 saturated carbocycles. The second kappa shape index (κ2) is 8.68. The number of amides is 2. The van der Waals surface area contributed by atoms with Crippen molar-refractivity contribution in [2.45, 2.75) is 25.9 Å². The van der Waals surface area contributed by atoms with Gasteiger partial charge in [0.1, 0.15) is 17.5 Å². The number of nitrogens with one attached hydrogen (secondary N) is 1. The Morgan fingerprint density at radius 3 is 2.59 bits per heavy atom. The van der Waals surface area contributed by atoms with Crippen LogP contribution in [-0.2, 0) is 0 Å². The number of rotatable bonds is 5. The fourth-order valence-corrected chi connectivity index (χ4v) is 3.73. The van der Waals surface area contributed by atoms with Crippen molar-refractivity contribution in [2.24, 2.45) is 0 Å². The number of aromatic nitrogens is 2. The quantitative estimate of drug-likeness (QED) is 0.558. The number of urea groups is 1. The Labute approximate surface area is 188 Å². The van der Waals surface area contributed by atoms with Crippen LogP contribution in [0.3, 0.4) is 0 Å². The molecule has 0 saturated heterocycles. The van der Waals surface area contributed by atoms with Crippen molar-refractivity contribution in [1.82, 2.24) is 9.97 Å². The zero-order valence-corrected chi connectivity index (χ0v) is 18.0. The first kappa shape index (κ1) is 21.9. The number of anilines is 4. The molecule has 7 nitrogen and oxygen atoms in total. The normalized spacial score (nSPS) is 16.7. The summed E-state index contributed by atoms with van der Waals surface area (Å²) < 4.78 is 27.9. The molecule has 0 aliphatic carbocycles. The van der Waals surface area contributed by atoms with Gasteiger partial charge in [0.15, 0.2) is 0 Å². The van der Waals surface area contributed by atoms with Gasteiger partial charge in [0.05, 0.1) is 24.4 Å². The molecule has 2 unspecified atom stereocenters. The van der Waals surface area contributed by atoms with Crippen LogP contribution in [0, 0.1) is 11.6 Å². The van der Waals surface area contributed by atoms with Gasteiger partial charge >= 0.3 is 6.03 Å². The monoisotopic (exact) mass is 459 g/mol. The van der Waals surface area contributed by atoms with Gasteiger partial charge in [-0.1, -0.05) is 11.6 Å². The van der Waals surface area contributed by atoms with E-state index in [0.29, 0.717) is 17.1 Å². The Balaban J connectivity index is 1.78. The fourth-order valence-electron chi connectivity index (χ4n) is 3.57. The van der Waals surface area contributed by atoms with E-state index in [1.54, 1.807) is 20.0 Å². The van der Waals surface area contributed by atoms with Crippen LogP contribution in [-0.4, -0.2) is 33.8 Å². The van der Waals surface area contributed by atoms with Gasteiger partial charge in [-0.05, 0) is 56.3 Å². The summed E-state index contributed by atoms with van der Waals surface area (Å²) in [4.78, 5) is 24.9. The molecule has 1 aromatic heterocycles. The van der Waals surface area contributed by atoms with Crippen LogP contribution in [0.2, 0.25) is 5.02 Å². The van der Waals surface area contributed by atoms with Crippen LogP contribution < -0.4 is 15.1 Å². The van der Waals surface area contributed by atoms with E-state index in [2.05, 4.69) is 15.3 Å². The molecule has 1 aliphatic rings. The highest BCUT2D eigenvalue weighted by Crippen LogP contribution is 2.40. The third kappa shape index (κ3) is 3.96. The maximum Gasteiger partial charge on any atom is 0.331 e. The largest absolute Gasteiger partial charge is 0.394 e. The summed E-state index contributed by atoms with van der Waals surface area (Å²) in [6.07, 6.45) is 1.54. The van der Waals surface area contributed by atoms with Crippen LogP contribution in [0.25, 0.3) is 0 Å². The maximum absolute atomic E-state index is 14.7. The van der Waals surface area contributed by atoms with Crippen molar-refractivity contribution in [3.05, 3.63) is 70.9 Å². The first-order chi connectivity index (χ1) is 15.3. The highest BCUT2D eigenvalue weighted by molar-refractivity contribution is 6.30. The minimum Gasteiger partial charge on any atom is -0.394 e. The third-order valence-corrected chi connectivity index (χ3v) is 5.48. The predicted molar refractivity (Wildman–Crippen MR) is 118 cm³/mol. The van der Waals surface area contributed by atoms with Crippen LogP contribution >= 0.6 is 11.6 Å². The van der Waals surface area contributed by atoms with Crippen molar-refractivity contribution in [2.75, 3.05) is 21.7 Å². The summed E-state index contributed by atoms with van der Waals surface area (Å²) in [7, 11) is 0. The van der Waals surface area contributed by atoms with E-state index >= 15 is 0 Å². The SMILES string of the molecule is CC(CO)N1C(=O)N(c2ccc(Cl)cc2F)C(C)c2cnc(Nc3ccc(F)cc3)nc21. The summed E-state index contributed by atoms with van der Waals surface area (Å²) in [5.41, 5.74) is 1.19. The molecule has 3 aromatic rings. The Kier molecular flexibility index (Phi) is 5.94. The number of halogens is 3. The molecule has 2 amide bonds. The zero-order chi connectivity index (χ0) is 23.0. The number of benzene rings is 2. The molecular formula is C22H20ClF2N5O2. The molecule has 2 heterocycles. The molecule has 0 spiro atoms. The first-order valence-electron chi connectivity index (χ1n) is 9.88. The maximum atomic E-state index is 14.7. The van der Waals surface area contributed by atoms with Crippen molar-refractivity contribution in [3.63, 3.8) is 0 Å². The van der Waals surface area contributed by atoms with E-state index in [-0.39, 0.29) is 29.1 Å². The number of carbonyl (C=O) groups is 1. The molecular weight excluding hydrogens is 440 g/mol. The van der Waals surface area contributed by atoms with Crippen molar-refractivity contribution in [1.29, 1.82) is 0 Å². The Bertz CT molecular complexity index is 1160. The standard InChI is InChI=1S/C22H20ClF2N5O2/c1-12(11-31)29-20-17(10-26-21(28-20)27-16-6-4-15(24)5-7-16)13(2)30(22(29)32)19-8-3-14(23)9-18(19)25/h3-10,12-13,31H,11H2,1-2H3,(H,26,27,28). The number of aliphatic hydroxyl groups excluding tert-OH is 1. The molecule has 0 radical (unpaired) electrons. The van der Waals surface area contributed by atoms with Gasteiger partial charge in [-0.2, -0.15) is 4.98 Å². The first-order valence-corrected chi connectivity index (χ1v) is 10.3. The number of fused-ring (bicyclic) bond motifs is 1. The zero-order valence-electron chi connectivity index (χ0n) is 17.3. The summed E-state index contributed by atoms with van der Waals surface area (Å²) in [6.45, 7) is 3.06. The number of aliphatic hydroxyl groups is 1. The van der Waals surface area contributed by atoms with Gasteiger partial charge in [0, 0.05) is 22.5 Å². The number of carbonyl (C=O) groups excluding carboxylic acids is 1. The minimum absolute atomic E-state index is 0.0567. The lowest BCUT2D eigenvalue weighted by atomic mass is 10.0. The van der Waals surface area contributed by atoms with Gasteiger partial charge in [-0.3, -0.25) is 9.80 Å². The van der Waals surface area contributed by atoms with Gasteiger partial charge in [-0.25, -0.2) is 18.6 Å². The van der Waals surface area contributed by atoms with E-state index in [4.69, 9.17) is 11.6 Å². The van der Waals surface area contributed by atoms with Gasteiger partial charge in [-0.15, -0.1) is 0 Å². The second-order valence-electron chi connectivity index (χ2n) is 7.43. The summed E-state index contributed by atoms with van der Waals surface area (Å²) in [5, 5.41) is 13.0. The smallest absolute Gasteiger partial charge is 0.331 e. The molecule has 0 fully saturated rings. The Morgan fingerprint density at radius 1 is 1.22 bits per heavy atom. The van der Waals surface area contributed by atoms with Gasteiger partial charge in [0.2, 0.25) is 5.95 Å². The van der Waals surface area contributed by atoms with E-state index in [0.717, 1.165) is 6.07 Å². The van der Waals surface area contributed by atoms with Crippen LogP contribution in [0.15, 0.2) is 48.7 Å². The molecule has 166 valence electrons. The molecule has 0 bridgehead atoms. The van der Waals surface area contributed by atoms with Crippen LogP contribution in [0.1, 0.15) is 25.5 Å². The van der Waals surface area contributed by atoms with E-state index in [1.165, 1.54) is 46.2 Å². The summed E-state index contributed by atoms with van der Waals surface area (Å²) >= 11 is 5.87. The van der Waals surface area contributed by atoms with Crippen LogP contribution in [0.4, 0.5) is 36.7 Å². The van der Waals surface area contributed by atoms with Crippen molar-refractivity contribution >= 4 is 40.8 Å². The molecule has 10 heteroatoms. The molecule has 2 atom stereocenters. The molecule has 2 N–H and O–H groups in total. The molecule has 4 rings (SSSR count). The lowest BCUT2D eigenvalue weighted by molar-refractivity contribution is 0.232. The topological polar surface area (TPSA) is 81.6 Å². The highest BCUT2D eigenvalue weighted by atomic mass is 35.5. The number of hydrogen-bond donors (Lipinski definition) is 2. The lowest BCUT2D eigenvalue weighted by Gasteiger charge is -2.42. The minimum atomic E-state index is -0.645. The third-order valence-electron chi connectivity index (χ3n) is 5.25.